The Bertz CT molecular complexity index is 918. The molecule has 0 fully saturated rings. The highest BCUT2D eigenvalue weighted by atomic mass is 35.5. The number of rotatable bonds is 4. The molecule has 3 rings (SSSR count). The number of alkyl halides is 1. The number of phenols is 1. The third-order valence-electron chi connectivity index (χ3n) is 3.60. The number of aliphatic hydroxyl groups is 1. The van der Waals surface area contributed by atoms with Crippen LogP contribution in [-0.4, -0.2) is 27.8 Å². The molecular formula is C16H15ClO6. The SMILES string of the molecule is CC(C)(Cl)[C@H](O)COc1c2occc2c(O)c2ccc(=O)oc12. The van der Waals surface area contributed by atoms with Gasteiger partial charge in [-0.25, -0.2) is 4.79 Å². The van der Waals surface area contributed by atoms with E-state index in [-0.39, 0.29) is 29.3 Å². The Labute approximate surface area is 135 Å². The topological polar surface area (TPSA) is 93.0 Å². The quantitative estimate of drug-likeness (QED) is 0.561. The first-order chi connectivity index (χ1) is 10.8. The molecule has 2 heterocycles. The van der Waals surface area contributed by atoms with Crippen molar-refractivity contribution in [3.8, 4) is 11.5 Å². The normalized spacial score (nSPS) is 13.6. The lowest BCUT2D eigenvalue weighted by atomic mass is 10.1. The molecule has 6 nitrogen and oxygen atoms in total. The lowest BCUT2D eigenvalue weighted by Gasteiger charge is -2.23. The number of hydrogen-bond donors (Lipinski definition) is 2. The number of aromatic hydroxyl groups is 1. The van der Waals surface area contributed by atoms with Gasteiger partial charge < -0.3 is 23.8 Å². The summed E-state index contributed by atoms with van der Waals surface area (Å²) in [4.78, 5) is 10.6. The van der Waals surface area contributed by atoms with E-state index in [9.17, 15) is 15.0 Å². The maximum absolute atomic E-state index is 11.5. The van der Waals surface area contributed by atoms with Crippen molar-refractivity contribution >= 4 is 33.5 Å². The monoisotopic (exact) mass is 338 g/mol. The van der Waals surface area contributed by atoms with Crippen molar-refractivity contribution in [3.05, 3.63) is 34.9 Å². The summed E-state index contributed by atoms with van der Waals surface area (Å²) in [6.45, 7) is 3.17. The molecule has 0 aliphatic heterocycles. The molecule has 1 atom stereocenters. The average molecular weight is 339 g/mol. The molecule has 3 aromatic rings. The summed E-state index contributed by atoms with van der Waals surface area (Å²) in [5.41, 5.74) is -0.313. The highest BCUT2D eigenvalue weighted by molar-refractivity contribution is 6.23. The minimum Gasteiger partial charge on any atom is -0.506 e. The zero-order valence-electron chi connectivity index (χ0n) is 12.5. The summed E-state index contributed by atoms with van der Waals surface area (Å²) in [5.74, 6) is 0.0635. The van der Waals surface area contributed by atoms with E-state index in [4.69, 9.17) is 25.2 Å². The predicted molar refractivity (Wildman–Crippen MR) is 85.4 cm³/mol. The fourth-order valence-electron chi connectivity index (χ4n) is 2.18. The van der Waals surface area contributed by atoms with Crippen molar-refractivity contribution in [1.82, 2.24) is 0 Å². The molecule has 1 aromatic carbocycles. The molecule has 0 amide bonds. The molecule has 23 heavy (non-hydrogen) atoms. The molecular weight excluding hydrogens is 324 g/mol. The maximum atomic E-state index is 11.5. The standard InChI is InChI=1S/C16H15ClO6/c1-16(2,17)10(18)7-22-15-13-9(5-6-21-13)12(20)8-3-4-11(19)23-14(8)15/h3-6,10,18,20H,7H2,1-2H3/t10-/m1/s1. The summed E-state index contributed by atoms with van der Waals surface area (Å²) in [5, 5.41) is 21.0. The molecule has 0 bridgehead atoms. The minimum atomic E-state index is -0.964. The van der Waals surface area contributed by atoms with Crippen molar-refractivity contribution in [3.63, 3.8) is 0 Å². The van der Waals surface area contributed by atoms with E-state index in [0.717, 1.165) is 0 Å². The molecule has 7 heteroatoms. The van der Waals surface area contributed by atoms with E-state index in [1.54, 1.807) is 19.9 Å². The van der Waals surface area contributed by atoms with E-state index in [1.165, 1.54) is 18.4 Å². The first kappa shape index (κ1) is 15.7. The van der Waals surface area contributed by atoms with E-state index in [2.05, 4.69) is 0 Å². The Morgan fingerprint density at radius 1 is 1.26 bits per heavy atom. The van der Waals surface area contributed by atoms with Crippen LogP contribution in [0.4, 0.5) is 0 Å². The van der Waals surface area contributed by atoms with Gasteiger partial charge in [-0.1, -0.05) is 0 Å². The van der Waals surface area contributed by atoms with Gasteiger partial charge >= 0.3 is 5.63 Å². The second-order valence-electron chi connectivity index (χ2n) is 5.73. The number of ether oxygens (including phenoxy) is 1. The Kier molecular flexibility index (Phi) is 3.74. The summed E-state index contributed by atoms with van der Waals surface area (Å²) in [6, 6.07) is 4.22. The van der Waals surface area contributed by atoms with Gasteiger partial charge in [-0.2, -0.15) is 0 Å². The van der Waals surface area contributed by atoms with Crippen molar-refractivity contribution in [2.24, 2.45) is 0 Å². The first-order valence-electron chi connectivity index (χ1n) is 6.95. The number of phenolic OH excluding ortho intramolecular Hbond substituents is 1. The van der Waals surface area contributed by atoms with E-state index < -0.39 is 16.6 Å². The molecule has 2 aromatic heterocycles. The fourth-order valence-corrected chi connectivity index (χ4v) is 2.25. The van der Waals surface area contributed by atoms with Gasteiger partial charge in [0.2, 0.25) is 5.75 Å². The van der Waals surface area contributed by atoms with Gasteiger partial charge in [-0.15, -0.1) is 11.6 Å². The average Bonchev–Trinajstić information content (AvgIpc) is 2.95. The van der Waals surface area contributed by atoms with Crippen LogP contribution >= 0.6 is 11.6 Å². The molecule has 0 unspecified atom stereocenters. The third kappa shape index (κ3) is 2.75. The van der Waals surface area contributed by atoms with Crippen molar-refractivity contribution in [2.45, 2.75) is 24.8 Å². The lowest BCUT2D eigenvalue weighted by Crippen LogP contribution is -2.35. The van der Waals surface area contributed by atoms with Gasteiger partial charge in [0.05, 0.1) is 21.9 Å². The van der Waals surface area contributed by atoms with Gasteiger partial charge in [-0.05, 0) is 26.0 Å². The van der Waals surface area contributed by atoms with Crippen molar-refractivity contribution in [2.75, 3.05) is 6.61 Å². The van der Waals surface area contributed by atoms with Crippen LogP contribution < -0.4 is 10.4 Å². The first-order valence-corrected chi connectivity index (χ1v) is 7.32. The molecule has 2 N–H and O–H groups in total. The molecule has 0 spiro atoms. The Morgan fingerprint density at radius 3 is 2.65 bits per heavy atom. The van der Waals surface area contributed by atoms with Crippen LogP contribution in [0.3, 0.4) is 0 Å². The number of hydrogen-bond acceptors (Lipinski definition) is 6. The summed E-state index contributed by atoms with van der Waals surface area (Å²) < 4.78 is 16.1. The summed E-state index contributed by atoms with van der Waals surface area (Å²) in [7, 11) is 0. The van der Waals surface area contributed by atoms with Crippen molar-refractivity contribution in [1.29, 1.82) is 0 Å². The van der Waals surface area contributed by atoms with Gasteiger partial charge in [0.15, 0.2) is 11.2 Å². The van der Waals surface area contributed by atoms with Gasteiger partial charge in [-0.3, -0.25) is 0 Å². The predicted octanol–water partition coefficient (Wildman–Crippen LogP) is 3.00. The smallest absolute Gasteiger partial charge is 0.336 e. The van der Waals surface area contributed by atoms with Crippen LogP contribution in [0.25, 0.3) is 21.9 Å². The van der Waals surface area contributed by atoms with Gasteiger partial charge in [0.1, 0.15) is 18.5 Å². The zero-order valence-corrected chi connectivity index (χ0v) is 13.3. The third-order valence-corrected chi connectivity index (χ3v) is 3.85. The molecule has 0 aliphatic carbocycles. The number of halogens is 1. The molecule has 0 saturated heterocycles. The van der Waals surface area contributed by atoms with E-state index in [0.29, 0.717) is 10.8 Å². The van der Waals surface area contributed by atoms with Crippen molar-refractivity contribution < 1.29 is 23.8 Å². The minimum absolute atomic E-state index is 0.0528. The largest absolute Gasteiger partial charge is 0.506 e. The Morgan fingerprint density at radius 2 is 1.96 bits per heavy atom. The van der Waals surface area contributed by atoms with E-state index in [1.807, 2.05) is 0 Å². The van der Waals surface area contributed by atoms with Crippen LogP contribution in [0.2, 0.25) is 0 Å². The second-order valence-corrected chi connectivity index (χ2v) is 6.70. The van der Waals surface area contributed by atoms with Crippen LogP contribution in [0.15, 0.2) is 38.1 Å². The Balaban J connectivity index is 2.16. The number of fused-ring (bicyclic) bond motifs is 2. The maximum Gasteiger partial charge on any atom is 0.336 e. The number of aliphatic hydroxyl groups excluding tert-OH is 1. The zero-order chi connectivity index (χ0) is 16.8. The second kappa shape index (κ2) is 5.47. The molecule has 0 aliphatic rings. The van der Waals surface area contributed by atoms with Crippen LogP contribution in [-0.2, 0) is 0 Å². The van der Waals surface area contributed by atoms with Gasteiger partial charge in [0, 0.05) is 6.07 Å². The van der Waals surface area contributed by atoms with Crippen LogP contribution in [0.5, 0.6) is 11.5 Å². The summed E-state index contributed by atoms with van der Waals surface area (Å²) >= 11 is 6.05. The molecule has 122 valence electrons. The van der Waals surface area contributed by atoms with Crippen LogP contribution in [0, 0.1) is 0 Å². The summed E-state index contributed by atoms with van der Waals surface area (Å²) in [6.07, 6.45) is 0.421. The number of furan rings is 1. The highest BCUT2D eigenvalue weighted by Gasteiger charge is 2.27. The lowest BCUT2D eigenvalue weighted by molar-refractivity contribution is 0.0811. The highest BCUT2D eigenvalue weighted by Crippen LogP contribution is 2.42. The Hall–Kier alpha value is -2.18. The fraction of sp³-hybridized carbons (Fsp3) is 0.312. The van der Waals surface area contributed by atoms with Gasteiger partial charge in [0.25, 0.3) is 0 Å². The van der Waals surface area contributed by atoms with Crippen LogP contribution in [0.1, 0.15) is 13.8 Å². The molecule has 0 radical (unpaired) electrons. The van der Waals surface area contributed by atoms with E-state index >= 15 is 0 Å². The molecule has 0 saturated carbocycles. The number of benzene rings is 1.